The number of aromatic nitrogens is 3. The third-order valence-electron chi connectivity index (χ3n) is 2.66. The minimum atomic E-state index is -0.389. The van der Waals surface area contributed by atoms with Gasteiger partial charge < -0.3 is 16.0 Å². The summed E-state index contributed by atoms with van der Waals surface area (Å²) in [5, 5.41) is 15.9. The van der Waals surface area contributed by atoms with Crippen molar-refractivity contribution in [3.63, 3.8) is 0 Å². The van der Waals surface area contributed by atoms with Gasteiger partial charge in [-0.3, -0.25) is 9.59 Å². The fourth-order valence-electron chi connectivity index (χ4n) is 1.53. The fourth-order valence-corrected chi connectivity index (χ4v) is 1.53. The molecule has 1 fully saturated rings. The van der Waals surface area contributed by atoms with Gasteiger partial charge in [0.05, 0.1) is 18.8 Å². The largest absolute Gasteiger partial charge is 0.355 e. The van der Waals surface area contributed by atoms with E-state index in [4.69, 9.17) is 0 Å². The Hall–Kier alpha value is -1.96. The van der Waals surface area contributed by atoms with E-state index in [9.17, 15) is 9.59 Å². The van der Waals surface area contributed by atoms with Crippen molar-refractivity contribution in [3.8, 4) is 0 Å². The summed E-state index contributed by atoms with van der Waals surface area (Å²) in [6.07, 6.45) is 1.60. The summed E-state index contributed by atoms with van der Waals surface area (Å²) in [6, 6.07) is 0.266. The molecule has 0 unspecified atom stereocenters. The van der Waals surface area contributed by atoms with Crippen LogP contribution in [0.25, 0.3) is 0 Å². The maximum atomic E-state index is 11.7. The molecule has 0 spiro atoms. The van der Waals surface area contributed by atoms with Crippen LogP contribution in [0.5, 0.6) is 0 Å². The smallest absolute Gasteiger partial charge is 0.273 e. The first-order chi connectivity index (χ1) is 8.70. The van der Waals surface area contributed by atoms with Gasteiger partial charge in [0.1, 0.15) is 0 Å². The van der Waals surface area contributed by atoms with Gasteiger partial charge in [-0.1, -0.05) is 5.21 Å². The van der Waals surface area contributed by atoms with Gasteiger partial charge in [0, 0.05) is 19.6 Å². The van der Waals surface area contributed by atoms with Crippen molar-refractivity contribution < 1.29 is 9.59 Å². The maximum absolute atomic E-state index is 11.7. The molecule has 1 aromatic heterocycles. The molecule has 1 aromatic rings. The molecule has 1 aliphatic heterocycles. The first kappa shape index (κ1) is 12.5. The Kier molecular flexibility index (Phi) is 3.88. The number of likely N-dealkylation sites (N-methyl/N-ethyl adjacent to an activating group) is 1. The van der Waals surface area contributed by atoms with Crippen LogP contribution in [-0.2, 0) is 4.79 Å². The zero-order valence-electron chi connectivity index (χ0n) is 10.1. The highest BCUT2D eigenvalue weighted by Crippen LogP contribution is 2.09. The summed E-state index contributed by atoms with van der Waals surface area (Å²) < 4.78 is 1.66. The first-order valence-corrected chi connectivity index (χ1v) is 5.88. The van der Waals surface area contributed by atoms with E-state index in [1.54, 1.807) is 10.9 Å². The molecule has 2 rings (SSSR count). The highest BCUT2D eigenvalue weighted by atomic mass is 16.2. The second kappa shape index (κ2) is 5.58. The zero-order valence-corrected chi connectivity index (χ0v) is 10.1. The first-order valence-electron chi connectivity index (χ1n) is 5.88. The molecule has 18 heavy (non-hydrogen) atoms. The molecule has 0 bridgehead atoms. The third-order valence-corrected chi connectivity index (χ3v) is 2.66. The molecule has 8 nitrogen and oxygen atoms in total. The molecule has 8 heteroatoms. The van der Waals surface area contributed by atoms with Crippen LogP contribution >= 0.6 is 0 Å². The average molecular weight is 252 g/mol. The average Bonchev–Trinajstić information content (AvgIpc) is 2.73. The minimum Gasteiger partial charge on any atom is -0.355 e. The highest BCUT2D eigenvalue weighted by Gasteiger charge is 2.21. The van der Waals surface area contributed by atoms with E-state index in [-0.39, 0.29) is 30.1 Å². The summed E-state index contributed by atoms with van der Waals surface area (Å²) in [4.78, 5) is 22.8. The van der Waals surface area contributed by atoms with Gasteiger partial charge in [0.2, 0.25) is 5.91 Å². The van der Waals surface area contributed by atoms with Crippen LogP contribution in [0.4, 0.5) is 0 Å². The van der Waals surface area contributed by atoms with Crippen molar-refractivity contribution in [2.24, 2.45) is 0 Å². The number of amides is 2. The Morgan fingerprint density at radius 3 is 2.89 bits per heavy atom. The standard InChI is InChI=1S/C10H16N6O2/c1-2-12-9(17)5-13-10(18)8-6-16(15-14-8)7-3-11-4-7/h6-7,11H,2-5H2,1H3,(H,12,17)(H,13,18). The van der Waals surface area contributed by atoms with Gasteiger partial charge in [0.15, 0.2) is 5.69 Å². The Morgan fingerprint density at radius 1 is 1.50 bits per heavy atom. The van der Waals surface area contributed by atoms with Crippen molar-refractivity contribution in [1.82, 2.24) is 30.9 Å². The van der Waals surface area contributed by atoms with Gasteiger partial charge in [0.25, 0.3) is 5.91 Å². The van der Waals surface area contributed by atoms with Crippen LogP contribution < -0.4 is 16.0 Å². The predicted molar refractivity (Wildman–Crippen MR) is 62.9 cm³/mol. The Labute approximate surface area is 104 Å². The molecular weight excluding hydrogens is 236 g/mol. The van der Waals surface area contributed by atoms with Crippen molar-refractivity contribution in [2.75, 3.05) is 26.2 Å². The SMILES string of the molecule is CCNC(=O)CNC(=O)c1cn(C2CNC2)nn1. The lowest BCUT2D eigenvalue weighted by atomic mass is 10.2. The van der Waals surface area contributed by atoms with Gasteiger partial charge in [-0.05, 0) is 6.92 Å². The monoisotopic (exact) mass is 252 g/mol. The molecule has 0 saturated carbocycles. The fraction of sp³-hybridized carbons (Fsp3) is 0.600. The topological polar surface area (TPSA) is 101 Å². The van der Waals surface area contributed by atoms with Crippen LogP contribution in [0, 0.1) is 0 Å². The normalized spacial score (nSPS) is 14.9. The van der Waals surface area contributed by atoms with E-state index in [1.807, 2.05) is 6.92 Å². The molecule has 98 valence electrons. The number of hydrogen-bond acceptors (Lipinski definition) is 5. The van der Waals surface area contributed by atoms with Crippen LogP contribution in [0.2, 0.25) is 0 Å². The quantitative estimate of drug-likeness (QED) is 0.579. The molecule has 0 aliphatic carbocycles. The number of nitrogens with zero attached hydrogens (tertiary/aromatic N) is 3. The van der Waals surface area contributed by atoms with Gasteiger partial charge in [-0.2, -0.15) is 0 Å². The van der Waals surface area contributed by atoms with Gasteiger partial charge >= 0.3 is 0 Å². The minimum absolute atomic E-state index is 0.0511. The van der Waals surface area contributed by atoms with E-state index in [0.29, 0.717) is 6.54 Å². The lowest BCUT2D eigenvalue weighted by Gasteiger charge is -2.26. The molecule has 2 amide bonds. The van der Waals surface area contributed by atoms with E-state index >= 15 is 0 Å². The van der Waals surface area contributed by atoms with Gasteiger partial charge in [-0.25, -0.2) is 4.68 Å². The maximum Gasteiger partial charge on any atom is 0.273 e. The Balaban J connectivity index is 1.84. The van der Waals surface area contributed by atoms with Crippen molar-refractivity contribution in [2.45, 2.75) is 13.0 Å². The molecule has 2 heterocycles. The Bertz CT molecular complexity index is 439. The number of hydrogen-bond donors (Lipinski definition) is 3. The number of nitrogens with one attached hydrogen (secondary N) is 3. The number of carbonyl (C=O) groups is 2. The number of carbonyl (C=O) groups excluding carboxylic acids is 2. The summed E-state index contributed by atoms with van der Waals surface area (Å²) in [6.45, 7) is 3.98. The molecule has 0 aromatic carbocycles. The van der Waals surface area contributed by atoms with Crippen molar-refractivity contribution in [1.29, 1.82) is 0 Å². The molecule has 3 N–H and O–H groups in total. The second-order valence-electron chi connectivity index (χ2n) is 4.03. The van der Waals surface area contributed by atoms with E-state index in [1.165, 1.54) is 0 Å². The third kappa shape index (κ3) is 2.83. The zero-order chi connectivity index (χ0) is 13.0. The summed E-state index contributed by atoms with van der Waals surface area (Å²) in [5.74, 6) is -0.610. The van der Waals surface area contributed by atoms with Crippen molar-refractivity contribution >= 4 is 11.8 Å². The molecule has 1 aliphatic rings. The van der Waals surface area contributed by atoms with Crippen LogP contribution in [-0.4, -0.2) is 53.0 Å². The number of rotatable bonds is 5. The van der Waals surface area contributed by atoms with Crippen molar-refractivity contribution in [3.05, 3.63) is 11.9 Å². The molecular formula is C10H16N6O2. The van der Waals surface area contributed by atoms with E-state index in [0.717, 1.165) is 13.1 Å². The summed E-state index contributed by atoms with van der Waals surface area (Å²) in [5.41, 5.74) is 0.228. The van der Waals surface area contributed by atoms with Gasteiger partial charge in [-0.15, -0.1) is 5.10 Å². The van der Waals surface area contributed by atoms with Crippen LogP contribution in [0.1, 0.15) is 23.5 Å². The van der Waals surface area contributed by atoms with Crippen LogP contribution in [0.15, 0.2) is 6.20 Å². The molecule has 0 atom stereocenters. The molecule has 1 saturated heterocycles. The summed E-state index contributed by atoms with van der Waals surface area (Å²) >= 11 is 0. The van der Waals surface area contributed by atoms with E-state index in [2.05, 4.69) is 26.3 Å². The van der Waals surface area contributed by atoms with Crippen LogP contribution in [0.3, 0.4) is 0 Å². The lowest BCUT2D eigenvalue weighted by molar-refractivity contribution is -0.120. The molecule has 0 radical (unpaired) electrons. The second-order valence-corrected chi connectivity index (χ2v) is 4.03. The summed E-state index contributed by atoms with van der Waals surface area (Å²) in [7, 11) is 0. The predicted octanol–water partition coefficient (Wildman–Crippen LogP) is -1.71. The highest BCUT2D eigenvalue weighted by molar-refractivity contribution is 5.94. The lowest BCUT2D eigenvalue weighted by Crippen LogP contribution is -2.43. The Morgan fingerprint density at radius 2 is 2.28 bits per heavy atom. The van der Waals surface area contributed by atoms with E-state index < -0.39 is 0 Å².